The van der Waals surface area contributed by atoms with Crippen molar-refractivity contribution >= 4 is 34.1 Å². The number of carbonyl (C=O) groups excluding carboxylic acids is 2. The van der Waals surface area contributed by atoms with Crippen LogP contribution < -0.4 is 16.4 Å². The highest BCUT2D eigenvalue weighted by Gasteiger charge is 2.26. The summed E-state index contributed by atoms with van der Waals surface area (Å²) in [5.74, 6) is -0.00470. The van der Waals surface area contributed by atoms with Gasteiger partial charge in [-0.05, 0) is 32.8 Å². The summed E-state index contributed by atoms with van der Waals surface area (Å²) >= 11 is 1.32. The van der Waals surface area contributed by atoms with Gasteiger partial charge in [0, 0.05) is 16.5 Å². The first-order valence-corrected chi connectivity index (χ1v) is 10.8. The molecule has 0 saturated heterocycles. The molecule has 31 heavy (non-hydrogen) atoms. The van der Waals surface area contributed by atoms with Crippen molar-refractivity contribution in [3.63, 3.8) is 0 Å². The topological polar surface area (TPSA) is 111 Å². The Morgan fingerprint density at radius 3 is 2.61 bits per heavy atom. The first-order chi connectivity index (χ1) is 14.7. The molecule has 8 nitrogen and oxygen atoms in total. The second-order valence-electron chi connectivity index (χ2n) is 8.32. The fraction of sp³-hybridized carbons (Fsp3) is 0.318. The van der Waals surface area contributed by atoms with Crippen molar-refractivity contribution in [2.24, 2.45) is 5.73 Å². The number of nitrogens with one attached hydrogen (secondary N) is 2. The van der Waals surface area contributed by atoms with E-state index < -0.39 is 11.9 Å². The fourth-order valence-electron chi connectivity index (χ4n) is 3.56. The van der Waals surface area contributed by atoms with Crippen LogP contribution in [0.1, 0.15) is 41.6 Å². The number of nitrogens with zero attached hydrogens (tertiary/aromatic N) is 2. The van der Waals surface area contributed by atoms with Gasteiger partial charge in [0.1, 0.15) is 10.8 Å². The molecule has 1 aromatic carbocycles. The van der Waals surface area contributed by atoms with E-state index in [0.29, 0.717) is 36.0 Å². The number of carbonyl (C=O) groups is 2. The van der Waals surface area contributed by atoms with Crippen LogP contribution in [-0.4, -0.2) is 28.3 Å². The van der Waals surface area contributed by atoms with Crippen LogP contribution in [0.15, 0.2) is 36.4 Å². The van der Waals surface area contributed by atoms with Crippen molar-refractivity contribution in [3.05, 3.63) is 52.4 Å². The van der Waals surface area contributed by atoms with E-state index in [9.17, 15) is 9.59 Å². The summed E-state index contributed by atoms with van der Waals surface area (Å²) in [6.07, 6.45) is 0.602. The van der Waals surface area contributed by atoms with Gasteiger partial charge in [-0.25, -0.2) is 9.48 Å². The van der Waals surface area contributed by atoms with Gasteiger partial charge in [0.05, 0.1) is 30.0 Å². The van der Waals surface area contributed by atoms with Crippen LogP contribution in [0.25, 0.3) is 11.3 Å². The molecule has 0 unspecified atom stereocenters. The van der Waals surface area contributed by atoms with Crippen LogP contribution >= 0.6 is 11.3 Å². The first kappa shape index (κ1) is 21.1. The first-order valence-electron chi connectivity index (χ1n) is 10.00. The zero-order chi connectivity index (χ0) is 22.2. The van der Waals surface area contributed by atoms with Crippen LogP contribution in [0.4, 0.5) is 15.6 Å². The second-order valence-corrected chi connectivity index (χ2v) is 9.42. The Morgan fingerprint density at radius 2 is 1.94 bits per heavy atom. The number of amides is 3. The number of nitrogens with two attached hydrogens (primary N) is 1. The summed E-state index contributed by atoms with van der Waals surface area (Å²) in [5.41, 5.74) is 8.19. The predicted molar refractivity (Wildman–Crippen MR) is 121 cm³/mol. The Kier molecular flexibility index (Phi) is 5.55. The minimum Gasteiger partial charge on any atom is -0.376 e. The van der Waals surface area contributed by atoms with Gasteiger partial charge >= 0.3 is 6.03 Å². The number of thiophene rings is 1. The number of primary amides is 1. The number of benzene rings is 1. The average Bonchev–Trinajstić information content (AvgIpc) is 3.29. The maximum absolute atomic E-state index is 12.9. The normalized spacial score (nSPS) is 13.5. The largest absolute Gasteiger partial charge is 0.376 e. The van der Waals surface area contributed by atoms with Gasteiger partial charge in [0.25, 0.3) is 5.91 Å². The van der Waals surface area contributed by atoms with E-state index in [2.05, 4.69) is 10.6 Å². The van der Waals surface area contributed by atoms with Crippen molar-refractivity contribution in [3.8, 4) is 11.3 Å². The molecule has 3 amide bonds. The lowest BCUT2D eigenvalue weighted by Crippen LogP contribution is -2.28. The van der Waals surface area contributed by atoms with E-state index in [1.54, 1.807) is 4.68 Å². The number of urea groups is 1. The molecule has 0 aliphatic carbocycles. The molecule has 0 saturated carbocycles. The standard InChI is InChI=1S/C22H25N5O3S/c1-22(2,3)27-17(11-15(26-27)13-7-5-4-6-8-13)24-21(29)25-20-18(19(23)28)14-9-10-30-12-16(14)31-20/h4-8,11H,9-10,12H2,1-3H3,(H2,23,28)(H2,24,25,29). The monoisotopic (exact) mass is 439 g/mol. The molecular formula is C22H25N5O3S. The minimum atomic E-state index is -0.555. The Bertz CT molecular complexity index is 1130. The van der Waals surface area contributed by atoms with E-state index in [0.717, 1.165) is 21.7 Å². The Balaban J connectivity index is 1.61. The van der Waals surface area contributed by atoms with E-state index in [1.807, 2.05) is 57.2 Å². The molecule has 1 aliphatic rings. The SMILES string of the molecule is CC(C)(C)n1nc(-c2ccccc2)cc1NC(=O)Nc1sc2c(c1C(N)=O)CCOC2. The summed E-state index contributed by atoms with van der Waals surface area (Å²) < 4.78 is 7.24. The highest BCUT2D eigenvalue weighted by atomic mass is 32.1. The molecule has 4 N–H and O–H groups in total. The van der Waals surface area contributed by atoms with Gasteiger partial charge in [0.15, 0.2) is 0 Å². The van der Waals surface area contributed by atoms with Gasteiger partial charge in [-0.3, -0.25) is 15.4 Å². The van der Waals surface area contributed by atoms with Gasteiger partial charge in [0.2, 0.25) is 0 Å². The lowest BCUT2D eigenvalue weighted by molar-refractivity contribution is 0.0991. The van der Waals surface area contributed by atoms with Crippen molar-refractivity contribution in [2.75, 3.05) is 17.2 Å². The van der Waals surface area contributed by atoms with Crippen molar-refractivity contribution < 1.29 is 14.3 Å². The van der Waals surface area contributed by atoms with E-state index in [-0.39, 0.29) is 5.54 Å². The van der Waals surface area contributed by atoms with E-state index in [1.165, 1.54) is 11.3 Å². The number of ether oxygens (including phenoxy) is 1. The Hall–Kier alpha value is -3.17. The molecule has 0 atom stereocenters. The fourth-order valence-corrected chi connectivity index (χ4v) is 4.75. The molecule has 0 spiro atoms. The lowest BCUT2D eigenvalue weighted by Gasteiger charge is -2.22. The van der Waals surface area contributed by atoms with Gasteiger partial charge < -0.3 is 10.5 Å². The van der Waals surface area contributed by atoms with Crippen LogP contribution in [-0.2, 0) is 23.3 Å². The third kappa shape index (κ3) is 4.33. The molecule has 0 fully saturated rings. The third-order valence-corrected chi connectivity index (χ3v) is 6.07. The van der Waals surface area contributed by atoms with Crippen molar-refractivity contribution in [2.45, 2.75) is 39.3 Å². The zero-order valence-corrected chi connectivity index (χ0v) is 18.5. The predicted octanol–water partition coefficient (Wildman–Crippen LogP) is 4.18. The number of fused-ring (bicyclic) bond motifs is 1. The number of rotatable bonds is 4. The highest BCUT2D eigenvalue weighted by molar-refractivity contribution is 7.17. The summed E-state index contributed by atoms with van der Waals surface area (Å²) in [4.78, 5) is 25.8. The third-order valence-electron chi connectivity index (χ3n) is 4.95. The summed E-state index contributed by atoms with van der Waals surface area (Å²) in [6.45, 7) is 6.98. The molecular weight excluding hydrogens is 414 g/mol. The summed E-state index contributed by atoms with van der Waals surface area (Å²) in [5, 5.41) is 10.8. The quantitative estimate of drug-likeness (QED) is 0.566. The molecule has 4 rings (SSSR count). The minimum absolute atomic E-state index is 0.354. The van der Waals surface area contributed by atoms with Gasteiger partial charge in [-0.1, -0.05) is 30.3 Å². The number of hydrogen-bond acceptors (Lipinski definition) is 5. The van der Waals surface area contributed by atoms with Crippen LogP contribution in [0.3, 0.4) is 0 Å². The van der Waals surface area contributed by atoms with Crippen molar-refractivity contribution in [1.29, 1.82) is 0 Å². The lowest BCUT2D eigenvalue weighted by atomic mass is 10.1. The average molecular weight is 440 g/mol. The zero-order valence-electron chi connectivity index (χ0n) is 17.7. The molecule has 0 radical (unpaired) electrons. The smallest absolute Gasteiger partial charge is 0.325 e. The molecule has 1 aliphatic heterocycles. The molecule has 162 valence electrons. The van der Waals surface area contributed by atoms with E-state index in [4.69, 9.17) is 15.6 Å². The molecule has 3 aromatic rings. The maximum atomic E-state index is 12.9. The Morgan fingerprint density at radius 1 is 1.19 bits per heavy atom. The van der Waals surface area contributed by atoms with Crippen LogP contribution in [0, 0.1) is 0 Å². The maximum Gasteiger partial charge on any atom is 0.325 e. The van der Waals surface area contributed by atoms with Gasteiger partial charge in [-0.2, -0.15) is 5.10 Å². The van der Waals surface area contributed by atoms with Crippen LogP contribution in [0.5, 0.6) is 0 Å². The summed E-state index contributed by atoms with van der Waals surface area (Å²) in [7, 11) is 0. The highest BCUT2D eigenvalue weighted by Crippen LogP contribution is 2.36. The Labute approximate surface area is 184 Å². The van der Waals surface area contributed by atoms with Crippen molar-refractivity contribution in [1.82, 2.24) is 9.78 Å². The number of anilines is 2. The molecule has 9 heteroatoms. The molecule has 3 heterocycles. The van der Waals surface area contributed by atoms with Crippen LogP contribution in [0.2, 0.25) is 0 Å². The van der Waals surface area contributed by atoms with E-state index >= 15 is 0 Å². The summed E-state index contributed by atoms with van der Waals surface area (Å²) in [6, 6.07) is 11.1. The number of aromatic nitrogens is 2. The van der Waals surface area contributed by atoms with Gasteiger partial charge in [-0.15, -0.1) is 11.3 Å². The second kappa shape index (κ2) is 8.16. The molecule has 2 aromatic heterocycles. The molecule has 0 bridgehead atoms. The number of hydrogen-bond donors (Lipinski definition) is 3.